The minimum atomic E-state index is 0.0719. The van der Waals surface area contributed by atoms with E-state index in [1.54, 1.807) is 0 Å². The average Bonchev–Trinajstić information content (AvgIpc) is 2.38. The molecule has 0 amide bonds. The van der Waals surface area contributed by atoms with Gasteiger partial charge in [0.2, 0.25) is 0 Å². The summed E-state index contributed by atoms with van der Waals surface area (Å²) >= 11 is 0. The largest absolute Gasteiger partial charge is 0.269 e. The maximum atomic E-state index is 11.3. The Hall–Kier alpha value is -1.46. The first-order valence-corrected chi connectivity index (χ1v) is 6.87. The second-order valence-electron chi connectivity index (χ2n) is 5.44. The van der Waals surface area contributed by atoms with Crippen LogP contribution in [0.1, 0.15) is 26.3 Å². The van der Waals surface area contributed by atoms with E-state index >= 15 is 0 Å². The summed E-state index contributed by atoms with van der Waals surface area (Å²) in [6.07, 6.45) is 0. The summed E-state index contributed by atoms with van der Waals surface area (Å²) in [6, 6.07) is 16.3. The van der Waals surface area contributed by atoms with Crippen molar-refractivity contribution in [1.82, 2.24) is 0 Å². The fourth-order valence-electron chi connectivity index (χ4n) is 1.93. The molecule has 0 aromatic heterocycles. The molecule has 0 saturated carbocycles. The lowest BCUT2D eigenvalue weighted by atomic mass is 9.85. The lowest BCUT2D eigenvalue weighted by Crippen LogP contribution is -2.13. The molecule has 2 aromatic carbocycles. The van der Waals surface area contributed by atoms with Crippen LogP contribution in [0.2, 0.25) is 0 Å². The molecule has 1 nitrogen and oxygen atoms in total. The SMILES string of the molecule is CC(C)(C)c1ccc(P=O)c(-c2ccccc2)c1. The molecule has 0 aliphatic heterocycles. The molecule has 2 rings (SSSR count). The topological polar surface area (TPSA) is 17.1 Å². The third kappa shape index (κ3) is 2.68. The summed E-state index contributed by atoms with van der Waals surface area (Å²) in [7, 11) is 0.0719. The van der Waals surface area contributed by atoms with Crippen LogP contribution in [-0.4, -0.2) is 0 Å². The van der Waals surface area contributed by atoms with Crippen LogP contribution in [0.4, 0.5) is 0 Å². The van der Waals surface area contributed by atoms with Crippen LogP contribution in [-0.2, 0) is 9.98 Å². The van der Waals surface area contributed by atoms with Crippen LogP contribution in [0.3, 0.4) is 0 Å². The van der Waals surface area contributed by atoms with Gasteiger partial charge in [-0.15, -0.1) is 0 Å². The fraction of sp³-hybridized carbons (Fsp3) is 0.250. The van der Waals surface area contributed by atoms with Crippen LogP contribution in [0.15, 0.2) is 48.5 Å². The summed E-state index contributed by atoms with van der Waals surface area (Å²) in [5, 5.41) is 0.842. The Balaban J connectivity index is 2.61. The monoisotopic (exact) mass is 256 g/mol. The van der Waals surface area contributed by atoms with Crippen molar-refractivity contribution >= 4 is 13.8 Å². The highest BCUT2D eigenvalue weighted by Crippen LogP contribution is 2.27. The van der Waals surface area contributed by atoms with Crippen LogP contribution in [0.5, 0.6) is 0 Å². The molecule has 2 aromatic rings. The first-order chi connectivity index (χ1) is 8.52. The molecule has 2 heteroatoms. The smallest absolute Gasteiger partial charge is 0.192 e. The molecular formula is C16H17OP. The molecule has 0 heterocycles. The average molecular weight is 256 g/mol. The van der Waals surface area contributed by atoms with E-state index in [9.17, 15) is 4.57 Å². The second kappa shape index (κ2) is 5.04. The van der Waals surface area contributed by atoms with Crippen molar-refractivity contribution in [2.24, 2.45) is 0 Å². The van der Waals surface area contributed by atoms with Gasteiger partial charge in [-0.2, -0.15) is 0 Å². The third-order valence-corrected chi connectivity index (χ3v) is 3.63. The van der Waals surface area contributed by atoms with E-state index in [0.29, 0.717) is 0 Å². The summed E-state index contributed by atoms with van der Waals surface area (Å²) in [6.45, 7) is 6.56. The van der Waals surface area contributed by atoms with E-state index in [0.717, 1.165) is 16.4 Å². The van der Waals surface area contributed by atoms with E-state index in [2.05, 4.69) is 45.0 Å². The zero-order valence-electron chi connectivity index (χ0n) is 11.0. The van der Waals surface area contributed by atoms with Crippen molar-refractivity contribution < 1.29 is 4.57 Å². The Labute approximate surface area is 110 Å². The first-order valence-electron chi connectivity index (χ1n) is 6.05. The Morgan fingerprint density at radius 3 is 2.17 bits per heavy atom. The predicted molar refractivity (Wildman–Crippen MR) is 77.8 cm³/mol. The van der Waals surface area contributed by atoms with Crippen molar-refractivity contribution in [1.29, 1.82) is 0 Å². The van der Waals surface area contributed by atoms with Crippen molar-refractivity contribution in [3.63, 3.8) is 0 Å². The van der Waals surface area contributed by atoms with Gasteiger partial charge in [0, 0.05) is 0 Å². The lowest BCUT2D eigenvalue weighted by Gasteiger charge is -2.20. The zero-order chi connectivity index (χ0) is 13.2. The highest BCUT2D eigenvalue weighted by molar-refractivity contribution is 7.34. The van der Waals surface area contributed by atoms with Gasteiger partial charge in [-0.05, 0) is 34.2 Å². The van der Waals surface area contributed by atoms with Crippen molar-refractivity contribution in [2.45, 2.75) is 26.2 Å². The van der Waals surface area contributed by atoms with Gasteiger partial charge in [0.1, 0.15) is 0 Å². The van der Waals surface area contributed by atoms with Gasteiger partial charge in [-0.3, -0.25) is 4.57 Å². The quantitative estimate of drug-likeness (QED) is 0.719. The van der Waals surface area contributed by atoms with Crippen LogP contribution >= 0.6 is 8.46 Å². The van der Waals surface area contributed by atoms with Gasteiger partial charge in [-0.1, -0.05) is 57.2 Å². The van der Waals surface area contributed by atoms with Gasteiger partial charge in [0.15, 0.2) is 8.46 Å². The summed E-state index contributed by atoms with van der Waals surface area (Å²) in [5.41, 5.74) is 3.53. The Bertz CT molecular complexity index is 553. The first kappa shape index (κ1) is 13.0. The van der Waals surface area contributed by atoms with Gasteiger partial charge >= 0.3 is 0 Å². The highest BCUT2D eigenvalue weighted by Gasteiger charge is 2.16. The Morgan fingerprint density at radius 1 is 0.944 bits per heavy atom. The molecule has 0 N–H and O–H groups in total. The van der Waals surface area contributed by atoms with E-state index in [4.69, 9.17) is 0 Å². The third-order valence-electron chi connectivity index (χ3n) is 3.05. The molecule has 92 valence electrons. The Kier molecular flexibility index (Phi) is 3.63. The normalized spacial score (nSPS) is 11.7. The molecule has 0 saturated heterocycles. The standard InChI is InChI=1S/C16H17OP/c1-16(2,3)13-9-10-15(18-17)14(11-13)12-7-5-4-6-8-12/h4-11H,1-3H3. The maximum Gasteiger partial charge on any atom is 0.192 e. The second-order valence-corrected chi connectivity index (χ2v) is 6.10. The lowest BCUT2D eigenvalue weighted by molar-refractivity contribution is 0.590. The van der Waals surface area contributed by atoms with E-state index in [1.807, 2.05) is 24.3 Å². The molecular weight excluding hydrogens is 239 g/mol. The predicted octanol–water partition coefficient (Wildman–Crippen LogP) is 4.57. The van der Waals surface area contributed by atoms with Crippen LogP contribution in [0, 0.1) is 0 Å². The van der Waals surface area contributed by atoms with Crippen molar-refractivity contribution in [2.75, 3.05) is 0 Å². The number of benzene rings is 2. The van der Waals surface area contributed by atoms with Crippen LogP contribution < -0.4 is 5.30 Å². The van der Waals surface area contributed by atoms with Gasteiger partial charge in [-0.25, -0.2) is 0 Å². The Morgan fingerprint density at radius 2 is 1.61 bits per heavy atom. The molecule has 0 fully saturated rings. The van der Waals surface area contributed by atoms with E-state index in [1.165, 1.54) is 5.56 Å². The molecule has 0 aliphatic rings. The fourth-order valence-corrected chi connectivity index (χ4v) is 2.36. The maximum absolute atomic E-state index is 11.3. The van der Waals surface area contributed by atoms with Gasteiger partial charge in [0.25, 0.3) is 0 Å². The molecule has 0 radical (unpaired) electrons. The molecule has 0 atom stereocenters. The highest BCUT2D eigenvalue weighted by atomic mass is 31.1. The minimum Gasteiger partial charge on any atom is -0.269 e. The number of hydrogen-bond acceptors (Lipinski definition) is 1. The van der Waals surface area contributed by atoms with Crippen molar-refractivity contribution in [3.8, 4) is 11.1 Å². The number of rotatable bonds is 2. The molecule has 0 aliphatic carbocycles. The van der Waals surface area contributed by atoms with Crippen LogP contribution in [0.25, 0.3) is 11.1 Å². The summed E-state index contributed by atoms with van der Waals surface area (Å²) in [4.78, 5) is 0. The molecule has 0 bridgehead atoms. The summed E-state index contributed by atoms with van der Waals surface area (Å²) in [5.74, 6) is 0. The van der Waals surface area contributed by atoms with E-state index < -0.39 is 0 Å². The van der Waals surface area contributed by atoms with E-state index in [-0.39, 0.29) is 13.9 Å². The molecule has 18 heavy (non-hydrogen) atoms. The molecule has 0 unspecified atom stereocenters. The molecule has 0 spiro atoms. The van der Waals surface area contributed by atoms with Gasteiger partial charge < -0.3 is 0 Å². The zero-order valence-corrected chi connectivity index (χ0v) is 11.9. The van der Waals surface area contributed by atoms with Crippen molar-refractivity contribution in [3.05, 3.63) is 54.1 Å². The minimum absolute atomic E-state index is 0.0719. The number of hydrogen-bond donors (Lipinski definition) is 0. The van der Waals surface area contributed by atoms with Gasteiger partial charge in [0.05, 0.1) is 5.30 Å². The summed E-state index contributed by atoms with van der Waals surface area (Å²) < 4.78 is 11.3.